The summed E-state index contributed by atoms with van der Waals surface area (Å²) in [6, 6.07) is 6.87. The van der Waals surface area contributed by atoms with Crippen molar-refractivity contribution in [2.75, 3.05) is 24.8 Å². The zero-order chi connectivity index (χ0) is 15.4. The van der Waals surface area contributed by atoms with E-state index in [-0.39, 0.29) is 5.91 Å². The summed E-state index contributed by atoms with van der Waals surface area (Å²) < 4.78 is 5.22. The van der Waals surface area contributed by atoms with Gasteiger partial charge in [0.1, 0.15) is 11.4 Å². The van der Waals surface area contributed by atoms with Gasteiger partial charge >= 0.3 is 0 Å². The van der Waals surface area contributed by atoms with Crippen LogP contribution in [0.5, 0.6) is 5.75 Å². The lowest BCUT2D eigenvalue weighted by Gasteiger charge is -2.12. The Balaban J connectivity index is 2.24. The quantitative estimate of drug-likeness (QED) is 0.909. The molecule has 0 saturated heterocycles. The first-order chi connectivity index (χ1) is 10.0. The maximum atomic E-state index is 12.2. The first kappa shape index (κ1) is 15.1. The number of hydrogen-bond acceptors (Lipinski definition) is 4. The molecule has 5 nitrogen and oxygen atoms in total. The Morgan fingerprint density at radius 2 is 2.10 bits per heavy atom. The van der Waals surface area contributed by atoms with Crippen molar-refractivity contribution in [2.45, 2.75) is 6.92 Å². The van der Waals surface area contributed by atoms with Crippen LogP contribution in [0.3, 0.4) is 0 Å². The number of rotatable bonds is 4. The maximum absolute atomic E-state index is 12.2. The van der Waals surface area contributed by atoms with Crippen LogP contribution < -0.4 is 15.4 Å². The number of nitrogens with one attached hydrogen (secondary N) is 2. The molecule has 1 amide bonds. The van der Waals surface area contributed by atoms with Crippen LogP contribution in [-0.4, -0.2) is 25.0 Å². The number of nitrogens with zero attached hydrogens (tertiary/aromatic N) is 1. The maximum Gasteiger partial charge on any atom is 0.274 e. The lowest BCUT2D eigenvalue weighted by Crippen LogP contribution is -2.14. The van der Waals surface area contributed by atoms with Crippen molar-refractivity contribution in [3.63, 3.8) is 0 Å². The fourth-order valence-corrected chi connectivity index (χ4v) is 1.95. The molecule has 2 aromatic rings. The SMILES string of the molecule is CNc1ccc(C(=O)Nc2cc(C)c(Cl)cc2OC)nc1. The molecular weight excluding hydrogens is 290 g/mol. The number of carbonyl (C=O) groups is 1. The van der Waals surface area contributed by atoms with E-state index in [9.17, 15) is 4.79 Å². The molecule has 0 atom stereocenters. The van der Waals surface area contributed by atoms with Crippen molar-refractivity contribution in [2.24, 2.45) is 0 Å². The fourth-order valence-electron chi connectivity index (χ4n) is 1.79. The zero-order valence-corrected chi connectivity index (χ0v) is 12.8. The van der Waals surface area contributed by atoms with Crippen LogP contribution in [0.25, 0.3) is 0 Å². The predicted octanol–water partition coefficient (Wildman–Crippen LogP) is 3.35. The molecule has 0 spiro atoms. The summed E-state index contributed by atoms with van der Waals surface area (Å²) in [6.07, 6.45) is 1.60. The Kier molecular flexibility index (Phi) is 4.65. The van der Waals surface area contributed by atoms with Gasteiger partial charge in [-0.3, -0.25) is 4.79 Å². The predicted molar refractivity (Wildman–Crippen MR) is 84.5 cm³/mol. The second-order valence-corrected chi connectivity index (χ2v) is 4.85. The van der Waals surface area contributed by atoms with Crippen LogP contribution in [0.4, 0.5) is 11.4 Å². The van der Waals surface area contributed by atoms with Crippen LogP contribution in [0.1, 0.15) is 16.1 Å². The summed E-state index contributed by atoms with van der Waals surface area (Å²) in [5.74, 6) is 0.198. The molecule has 0 aliphatic heterocycles. The molecule has 0 radical (unpaired) electrons. The monoisotopic (exact) mass is 305 g/mol. The number of pyridine rings is 1. The molecule has 110 valence electrons. The molecule has 2 N–H and O–H groups in total. The first-order valence-electron chi connectivity index (χ1n) is 6.34. The number of anilines is 2. The molecule has 2 rings (SSSR count). The highest BCUT2D eigenvalue weighted by Gasteiger charge is 2.12. The number of amides is 1. The van der Waals surface area contributed by atoms with Crippen LogP contribution in [0, 0.1) is 6.92 Å². The number of ether oxygens (including phenoxy) is 1. The average Bonchev–Trinajstić information content (AvgIpc) is 2.50. The molecular formula is C15H16ClN3O2. The molecule has 1 aromatic heterocycles. The van der Waals surface area contributed by atoms with Crippen molar-refractivity contribution in [1.82, 2.24) is 4.98 Å². The molecule has 0 fully saturated rings. The van der Waals surface area contributed by atoms with Gasteiger partial charge in [-0.05, 0) is 30.7 Å². The van der Waals surface area contributed by atoms with Crippen molar-refractivity contribution < 1.29 is 9.53 Å². The Bertz CT molecular complexity index is 657. The van der Waals surface area contributed by atoms with E-state index < -0.39 is 0 Å². The van der Waals surface area contributed by atoms with Gasteiger partial charge in [0.15, 0.2) is 0 Å². The summed E-state index contributed by atoms with van der Waals surface area (Å²) in [4.78, 5) is 16.3. The molecule has 0 saturated carbocycles. The van der Waals surface area contributed by atoms with Gasteiger partial charge in [0.25, 0.3) is 5.91 Å². The van der Waals surface area contributed by atoms with Gasteiger partial charge in [-0.1, -0.05) is 11.6 Å². The van der Waals surface area contributed by atoms with Gasteiger partial charge in [0.05, 0.1) is 24.7 Å². The summed E-state index contributed by atoms with van der Waals surface area (Å²) in [5, 5.41) is 6.31. The van der Waals surface area contributed by atoms with E-state index in [4.69, 9.17) is 16.3 Å². The number of benzene rings is 1. The Morgan fingerprint density at radius 1 is 1.33 bits per heavy atom. The minimum atomic E-state index is -0.308. The van der Waals surface area contributed by atoms with E-state index >= 15 is 0 Å². The smallest absolute Gasteiger partial charge is 0.274 e. The Morgan fingerprint density at radius 3 is 2.67 bits per heavy atom. The van der Waals surface area contributed by atoms with E-state index in [0.29, 0.717) is 22.2 Å². The number of methoxy groups -OCH3 is 1. The zero-order valence-electron chi connectivity index (χ0n) is 12.0. The van der Waals surface area contributed by atoms with Crippen molar-refractivity contribution in [3.05, 3.63) is 46.7 Å². The van der Waals surface area contributed by atoms with Crippen molar-refractivity contribution >= 4 is 28.9 Å². The lowest BCUT2D eigenvalue weighted by molar-refractivity contribution is 0.102. The molecule has 21 heavy (non-hydrogen) atoms. The van der Waals surface area contributed by atoms with Crippen LogP contribution >= 0.6 is 11.6 Å². The highest BCUT2D eigenvalue weighted by Crippen LogP contribution is 2.31. The number of hydrogen-bond donors (Lipinski definition) is 2. The molecule has 1 aromatic carbocycles. The number of carbonyl (C=O) groups excluding carboxylic acids is 1. The third-order valence-electron chi connectivity index (χ3n) is 3.01. The van der Waals surface area contributed by atoms with Gasteiger partial charge in [0.2, 0.25) is 0 Å². The minimum absolute atomic E-state index is 0.308. The molecule has 6 heteroatoms. The fraction of sp³-hybridized carbons (Fsp3) is 0.200. The summed E-state index contributed by atoms with van der Waals surface area (Å²) >= 11 is 6.04. The van der Waals surface area contributed by atoms with E-state index in [1.165, 1.54) is 7.11 Å². The van der Waals surface area contributed by atoms with Crippen LogP contribution in [0.15, 0.2) is 30.5 Å². The molecule has 0 unspecified atom stereocenters. The third kappa shape index (κ3) is 3.44. The molecule has 1 heterocycles. The Labute approximate surface area is 128 Å². The molecule has 0 bridgehead atoms. The Hall–Kier alpha value is -2.27. The lowest BCUT2D eigenvalue weighted by atomic mass is 10.2. The normalized spacial score (nSPS) is 10.1. The van der Waals surface area contributed by atoms with Gasteiger partial charge < -0.3 is 15.4 Å². The highest BCUT2D eigenvalue weighted by molar-refractivity contribution is 6.31. The summed E-state index contributed by atoms with van der Waals surface area (Å²) in [6.45, 7) is 1.86. The topological polar surface area (TPSA) is 63.2 Å². The average molecular weight is 306 g/mol. The van der Waals surface area contributed by atoms with Crippen molar-refractivity contribution in [1.29, 1.82) is 0 Å². The molecule has 0 aliphatic rings. The highest BCUT2D eigenvalue weighted by atomic mass is 35.5. The summed E-state index contributed by atoms with van der Waals surface area (Å²) in [5.41, 5.74) is 2.57. The summed E-state index contributed by atoms with van der Waals surface area (Å²) in [7, 11) is 3.31. The van der Waals surface area contributed by atoms with Crippen molar-refractivity contribution in [3.8, 4) is 5.75 Å². The van der Waals surface area contributed by atoms with E-state index in [2.05, 4.69) is 15.6 Å². The van der Waals surface area contributed by atoms with E-state index in [1.54, 1.807) is 37.5 Å². The first-order valence-corrected chi connectivity index (χ1v) is 6.72. The number of aryl methyl sites for hydroxylation is 1. The number of halogens is 1. The second-order valence-electron chi connectivity index (χ2n) is 4.44. The van der Waals surface area contributed by atoms with Gasteiger partial charge in [0, 0.05) is 18.1 Å². The van der Waals surface area contributed by atoms with Gasteiger partial charge in [-0.15, -0.1) is 0 Å². The van der Waals surface area contributed by atoms with Gasteiger partial charge in [-0.2, -0.15) is 0 Å². The van der Waals surface area contributed by atoms with Crippen LogP contribution in [0.2, 0.25) is 5.02 Å². The standard InChI is InChI=1S/C15H16ClN3O2/c1-9-6-13(14(21-3)7-11(9)16)19-15(20)12-5-4-10(17-2)8-18-12/h4-8,17H,1-3H3,(H,19,20). The molecule has 0 aliphatic carbocycles. The van der Waals surface area contributed by atoms with Gasteiger partial charge in [-0.25, -0.2) is 4.98 Å². The second kappa shape index (κ2) is 6.45. The number of aromatic nitrogens is 1. The van der Waals surface area contributed by atoms with Crippen LogP contribution in [-0.2, 0) is 0 Å². The van der Waals surface area contributed by atoms with E-state index in [0.717, 1.165) is 11.3 Å². The van der Waals surface area contributed by atoms with E-state index in [1.807, 2.05) is 6.92 Å². The minimum Gasteiger partial charge on any atom is -0.495 e. The third-order valence-corrected chi connectivity index (χ3v) is 3.42. The largest absolute Gasteiger partial charge is 0.495 e.